The van der Waals surface area contributed by atoms with Crippen LogP contribution in [0.15, 0.2) is 11.8 Å². The molecule has 11 heteroatoms. The highest BCUT2D eigenvalue weighted by Gasteiger charge is 2.42. The van der Waals surface area contributed by atoms with Crippen molar-refractivity contribution < 1.29 is 14.8 Å². The van der Waals surface area contributed by atoms with E-state index in [0.717, 1.165) is 6.20 Å². The van der Waals surface area contributed by atoms with Crippen LogP contribution in [0.4, 0.5) is 5.82 Å². The summed E-state index contributed by atoms with van der Waals surface area (Å²) in [6.45, 7) is 6.72. The van der Waals surface area contributed by atoms with Gasteiger partial charge in [-0.1, -0.05) is 19.4 Å². The number of hydrogen-bond donors (Lipinski definition) is 0. The lowest BCUT2D eigenvalue weighted by Gasteiger charge is -2.26. The molecule has 1 aromatic heterocycles. The van der Waals surface area contributed by atoms with E-state index in [9.17, 15) is 30.3 Å². The Bertz CT molecular complexity index is 771. The lowest BCUT2D eigenvalue weighted by atomic mass is 9.81. The molecule has 0 aliphatic heterocycles. The van der Waals surface area contributed by atoms with Crippen molar-refractivity contribution in [3.63, 3.8) is 0 Å². The molecule has 1 heterocycles. The first-order valence-corrected chi connectivity index (χ1v) is 9.54. The molecule has 0 aliphatic carbocycles. The van der Waals surface area contributed by atoms with Crippen molar-refractivity contribution in [2.45, 2.75) is 77.3 Å². The zero-order chi connectivity index (χ0) is 22.4. The Hall–Kier alpha value is -2.85. The van der Waals surface area contributed by atoms with Crippen molar-refractivity contribution in [2.24, 2.45) is 7.05 Å². The van der Waals surface area contributed by atoms with E-state index in [4.69, 9.17) is 0 Å². The van der Waals surface area contributed by atoms with E-state index in [1.807, 2.05) is 13.8 Å². The van der Waals surface area contributed by atoms with Gasteiger partial charge >= 0.3 is 5.82 Å². The summed E-state index contributed by atoms with van der Waals surface area (Å²) in [5.74, 6) is 0.00267. The highest BCUT2D eigenvalue weighted by molar-refractivity contribution is 5.49. The molecule has 29 heavy (non-hydrogen) atoms. The summed E-state index contributed by atoms with van der Waals surface area (Å²) in [6, 6.07) is 0. The SMILES string of the molecule is CCCC(C)(CC(=Cc1ncc([N+](=O)[O-])n1C)CC(C)(CCC)[N+](=O)[O-])[N+](=O)[O-]. The van der Waals surface area contributed by atoms with Gasteiger partial charge in [0.2, 0.25) is 16.9 Å². The van der Waals surface area contributed by atoms with Gasteiger partial charge in [0.15, 0.2) is 0 Å². The highest BCUT2D eigenvalue weighted by Crippen LogP contribution is 2.34. The van der Waals surface area contributed by atoms with Gasteiger partial charge in [0.05, 0.1) is 7.05 Å². The van der Waals surface area contributed by atoms with Crippen molar-refractivity contribution in [3.05, 3.63) is 47.9 Å². The normalized spacial score (nSPS) is 15.2. The van der Waals surface area contributed by atoms with E-state index in [-0.39, 0.29) is 34.3 Å². The van der Waals surface area contributed by atoms with Crippen LogP contribution >= 0.6 is 0 Å². The maximum absolute atomic E-state index is 11.7. The fraction of sp³-hybridized carbons (Fsp3) is 0.722. The van der Waals surface area contributed by atoms with Gasteiger partial charge < -0.3 is 10.1 Å². The van der Waals surface area contributed by atoms with Gasteiger partial charge in [0.1, 0.15) is 6.20 Å². The summed E-state index contributed by atoms with van der Waals surface area (Å²) in [5.41, 5.74) is -2.10. The number of nitro groups is 3. The Labute approximate surface area is 169 Å². The molecule has 0 radical (unpaired) electrons. The Morgan fingerprint density at radius 1 is 1.03 bits per heavy atom. The minimum atomic E-state index is -1.29. The lowest BCUT2D eigenvalue weighted by Crippen LogP contribution is -2.39. The lowest BCUT2D eigenvalue weighted by molar-refractivity contribution is -0.570. The Balaban J connectivity index is 3.47. The van der Waals surface area contributed by atoms with Crippen LogP contribution in [-0.4, -0.2) is 35.4 Å². The van der Waals surface area contributed by atoms with E-state index in [1.54, 1.807) is 0 Å². The number of rotatable bonds is 12. The summed E-state index contributed by atoms with van der Waals surface area (Å²) in [4.78, 5) is 37.2. The van der Waals surface area contributed by atoms with Gasteiger partial charge in [-0.15, -0.1) is 0 Å². The third kappa shape index (κ3) is 5.81. The molecular formula is C18H29N5O6. The molecule has 0 spiro atoms. The fourth-order valence-electron chi connectivity index (χ4n) is 3.61. The largest absolute Gasteiger partial charge is 0.358 e. The van der Waals surface area contributed by atoms with E-state index >= 15 is 0 Å². The van der Waals surface area contributed by atoms with Crippen LogP contribution in [0.2, 0.25) is 0 Å². The molecule has 0 aromatic carbocycles. The van der Waals surface area contributed by atoms with Gasteiger partial charge in [0.25, 0.3) is 0 Å². The predicted octanol–water partition coefficient (Wildman–Crippen LogP) is 4.16. The number of hydrogen-bond acceptors (Lipinski definition) is 7. The first kappa shape index (κ1) is 24.2. The fourth-order valence-corrected chi connectivity index (χ4v) is 3.61. The Kier molecular flexibility index (Phi) is 7.98. The van der Waals surface area contributed by atoms with Crippen LogP contribution in [0.5, 0.6) is 0 Å². The van der Waals surface area contributed by atoms with Gasteiger partial charge in [-0.2, -0.15) is 0 Å². The number of aromatic nitrogens is 2. The Morgan fingerprint density at radius 2 is 1.48 bits per heavy atom. The summed E-state index contributed by atoms with van der Waals surface area (Å²) in [5, 5.41) is 34.5. The monoisotopic (exact) mass is 411 g/mol. The maximum atomic E-state index is 11.7. The molecule has 0 amide bonds. The summed E-state index contributed by atoms with van der Waals surface area (Å²) >= 11 is 0. The van der Waals surface area contributed by atoms with Crippen molar-refractivity contribution >= 4 is 11.9 Å². The van der Waals surface area contributed by atoms with Crippen LogP contribution in [0.3, 0.4) is 0 Å². The van der Waals surface area contributed by atoms with Crippen LogP contribution in [0.1, 0.15) is 72.0 Å². The molecule has 0 saturated carbocycles. The van der Waals surface area contributed by atoms with E-state index in [2.05, 4.69) is 4.98 Å². The van der Waals surface area contributed by atoms with Gasteiger partial charge in [-0.05, 0) is 17.8 Å². The van der Waals surface area contributed by atoms with Gasteiger partial charge in [-0.3, -0.25) is 20.2 Å². The van der Waals surface area contributed by atoms with Crippen molar-refractivity contribution in [1.82, 2.24) is 9.55 Å². The van der Waals surface area contributed by atoms with Crippen molar-refractivity contribution in [2.75, 3.05) is 0 Å². The second kappa shape index (κ2) is 9.57. The van der Waals surface area contributed by atoms with E-state index < -0.39 is 16.0 Å². The van der Waals surface area contributed by atoms with E-state index in [0.29, 0.717) is 31.3 Å². The molecule has 0 N–H and O–H groups in total. The standard InChI is InChI=1S/C18H29N5O6/c1-6-8-17(3,22(26)27)11-14(12-18(4,9-7-2)23(28)29)10-15-19-13-16(20(15)5)21(24)25/h10,13H,6-9,11-12H2,1-5H3. The van der Waals surface area contributed by atoms with Gasteiger partial charge in [0, 0.05) is 55.5 Å². The zero-order valence-electron chi connectivity index (χ0n) is 17.6. The first-order valence-electron chi connectivity index (χ1n) is 9.54. The maximum Gasteiger partial charge on any atom is 0.342 e. The molecule has 0 saturated heterocycles. The molecule has 0 bridgehead atoms. The summed E-state index contributed by atoms with van der Waals surface area (Å²) in [7, 11) is 1.46. The third-order valence-corrected chi connectivity index (χ3v) is 5.19. The van der Waals surface area contributed by atoms with Crippen LogP contribution in [0, 0.1) is 30.3 Å². The second-order valence-electron chi connectivity index (χ2n) is 7.95. The first-order chi connectivity index (χ1) is 13.4. The van der Waals surface area contributed by atoms with Crippen LogP contribution in [-0.2, 0) is 7.05 Å². The quantitative estimate of drug-likeness (QED) is 0.370. The highest BCUT2D eigenvalue weighted by atomic mass is 16.6. The van der Waals surface area contributed by atoms with E-state index in [1.165, 1.54) is 31.5 Å². The molecule has 2 atom stereocenters. The molecule has 11 nitrogen and oxygen atoms in total. The predicted molar refractivity (Wildman–Crippen MR) is 108 cm³/mol. The second-order valence-corrected chi connectivity index (χ2v) is 7.95. The minimum absolute atomic E-state index is 0.00163. The smallest absolute Gasteiger partial charge is 0.342 e. The Morgan fingerprint density at radius 3 is 1.79 bits per heavy atom. The molecule has 1 aromatic rings. The van der Waals surface area contributed by atoms with Gasteiger partial charge in [-0.25, -0.2) is 9.55 Å². The third-order valence-electron chi connectivity index (χ3n) is 5.19. The number of nitrogens with zero attached hydrogens (tertiary/aromatic N) is 5. The summed E-state index contributed by atoms with van der Waals surface area (Å²) in [6.07, 6.45) is 4.40. The molecular weight excluding hydrogens is 382 g/mol. The molecule has 0 fully saturated rings. The minimum Gasteiger partial charge on any atom is -0.358 e. The summed E-state index contributed by atoms with van der Waals surface area (Å²) < 4.78 is 1.26. The number of imidazole rings is 1. The molecule has 0 aliphatic rings. The van der Waals surface area contributed by atoms with Crippen molar-refractivity contribution in [1.29, 1.82) is 0 Å². The topological polar surface area (TPSA) is 147 Å². The molecule has 162 valence electrons. The molecule has 2 unspecified atom stereocenters. The zero-order valence-corrected chi connectivity index (χ0v) is 17.6. The van der Waals surface area contributed by atoms with Crippen molar-refractivity contribution in [3.8, 4) is 0 Å². The average Bonchev–Trinajstić information content (AvgIpc) is 2.95. The van der Waals surface area contributed by atoms with Crippen LogP contribution in [0.25, 0.3) is 6.08 Å². The van der Waals surface area contributed by atoms with Crippen LogP contribution < -0.4 is 0 Å². The molecule has 1 rings (SSSR count). The average molecular weight is 411 g/mol.